The van der Waals surface area contributed by atoms with Crippen molar-refractivity contribution in [2.24, 2.45) is 0 Å². The predicted molar refractivity (Wildman–Crippen MR) is 79.9 cm³/mol. The molecule has 0 amide bonds. The van der Waals surface area contributed by atoms with E-state index in [1.807, 2.05) is 13.8 Å². The van der Waals surface area contributed by atoms with Crippen molar-refractivity contribution in [3.63, 3.8) is 0 Å². The number of carbonyl (C=O) groups excluding carboxylic acids is 1. The van der Waals surface area contributed by atoms with Crippen molar-refractivity contribution in [2.75, 3.05) is 11.9 Å². The first kappa shape index (κ1) is 15.0. The molecule has 0 aliphatic carbocycles. The molecule has 7 nitrogen and oxygen atoms in total. The zero-order valence-electron chi connectivity index (χ0n) is 11.6. The van der Waals surface area contributed by atoms with Crippen molar-refractivity contribution < 1.29 is 9.72 Å². The van der Waals surface area contributed by atoms with Crippen LogP contribution in [0.5, 0.6) is 0 Å². The van der Waals surface area contributed by atoms with Crippen LogP contribution >= 0.6 is 11.3 Å². The van der Waals surface area contributed by atoms with Gasteiger partial charge in [0.2, 0.25) is 5.13 Å². The summed E-state index contributed by atoms with van der Waals surface area (Å²) in [6.07, 6.45) is 0. The zero-order valence-corrected chi connectivity index (χ0v) is 12.4. The molecule has 0 spiro atoms. The van der Waals surface area contributed by atoms with Gasteiger partial charge in [-0.15, -0.1) is 10.2 Å². The highest BCUT2D eigenvalue weighted by Crippen LogP contribution is 2.22. The predicted octanol–water partition coefficient (Wildman–Crippen LogP) is 2.86. The maximum Gasteiger partial charge on any atom is 0.269 e. The molecule has 0 saturated carbocycles. The fourth-order valence-electron chi connectivity index (χ4n) is 1.57. The Morgan fingerprint density at radius 1 is 1.33 bits per heavy atom. The SMILES string of the molecule is CC(C)c1nnc(NCC(=O)c2ccc([N+](=O)[O-])cc2)s1. The molecule has 0 aliphatic rings. The largest absolute Gasteiger partial charge is 0.353 e. The van der Waals surface area contributed by atoms with Gasteiger partial charge in [0.25, 0.3) is 5.69 Å². The van der Waals surface area contributed by atoms with Gasteiger partial charge in [0.05, 0.1) is 11.5 Å². The summed E-state index contributed by atoms with van der Waals surface area (Å²) in [5, 5.41) is 22.9. The first-order valence-electron chi connectivity index (χ1n) is 6.32. The molecule has 2 aromatic rings. The lowest BCUT2D eigenvalue weighted by atomic mass is 10.1. The van der Waals surface area contributed by atoms with Crippen LogP contribution < -0.4 is 5.32 Å². The summed E-state index contributed by atoms with van der Waals surface area (Å²) in [6, 6.07) is 5.52. The monoisotopic (exact) mass is 306 g/mol. The lowest BCUT2D eigenvalue weighted by Crippen LogP contribution is -2.13. The average Bonchev–Trinajstić information content (AvgIpc) is 2.94. The van der Waals surface area contributed by atoms with E-state index in [2.05, 4.69) is 15.5 Å². The molecule has 21 heavy (non-hydrogen) atoms. The standard InChI is InChI=1S/C13H14N4O3S/c1-8(2)12-15-16-13(21-12)14-7-11(18)9-3-5-10(6-4-9)17(19)20/h3-6,8H,7H2,1-2H3,(H,14,16). The molecule has 8 heteroatoms. The fraction of sp³-hybridized carbons (Fsp3) is 0.308. The van der Waals surface area contributed by atoms with Crippen molar-refractivity contribution >= 4 is 27.9 Å². The van der Waals surface area contributed by atoms with Gasteiger partial charge in [-0.1, -0.05) is 25.2 Å². The minimum atomic E-state index is -0.499. The van der Waals surface area contributed by atoms with E-state index in [1.54, 1.807) is 0 Å². The maximum atomic E-state index is 12.0. The van der Waals surface area contributed by atoms with E-state index in [-0.39, 0.29) is 18.0 Å². The molecule has 0 fully saturated rings. The third-order valence-electron chi connectivity index (χ3n) is 2.73. The van der Waals surface area contributed by atoms with Crippen LogP contribution in [0, 0.1) is 10.1 Å². The van der Waals surface area contributed by atoms with E-state index in [0.29, 0.717) is 16.6 Å². The van der Waals surface area contributed by atoms with Crippen LogP contribution in [0.25, 0.3) is 0 Å². The second-order valence-corrected chi connectivity index (χ2v) is 5.69. The van der Waals surface area contributed by atoms with Gasteiger partial charge in [-0.25, -0.2) is 0 Å². The summed E-state index contributed by atoms with van der Waals surface area (Å²) in [6.45, 7) is 4.11. The summed E-state index contributed by atoms with van der Waals surface area (Å²) in [4.78, 5) is 22.0. The first-order valence-corrected chi connectivity index (χ1v) is 7.14. The number of nitrogens with one attached hydrogen (secondary N) is 1. The van der Waals surface area contributed by atoms with E-state index >= 15 is 0 Å². The number of Topliss-reactive ketones (excluding diaryl/α,β-unsaturated/α-hetero) is 1. The molecule has 1 heterocycles. The van der Waals surface area contributed by atoms with Crippen LogP contribution in [0.15, 0.2) is 24.3 Å². The number of benzene rings is 1. The maximum absolute atomic E-state index is 12.0. The summed E-state index contributed by atoms with van der Waals surface area (Å²) < 4.78 is 0. The quantitative estimate of drug-likeness (QED) is 0.500. The molecule has 0 saturated heterocycles. The van der Waals surface area contributed by atoms with Crippen molar-refractivity contribution in [3.8, 4) is 0 Å². The number of anilines is 1. The Kier molecular flexibility index (Phi) is 4.59. The number of nitrogens with zero attached hydrogens (tertiary/aromatic N) is 3. The molecular formula is C13H14N4O3S. The highest BCUT2D eigenvalue weighted by molar-refractivity contribution is 7.15. The number of nitro groups is 1. The van der Waals surface area contributed by atoms with Gasteiger partial charge in [0, 0.05) is 23.6 Å². The van der Waals surface area contributed by atoms with Crippen molar-refractivity contribution in [2.45, 2.75) is 19.8 Å². The first-order chi connectivity index (χ1) is 9.97. The van der Waals surface area contributed by atoms with Crippen molar-refractivity contribution in [3.05, 3.63) is 45.0 Å². The van der Waals surface area contributed by atoms with E-state index in [9.17, 15) is 14.9 Å². The van der Waals surface area contributed by atoms with Crippen molar-refractivity contribution in [1.29, 1.82) is 0 Å². The average molecular weight is 306 g/mol. The normalized spacial score (nSPS) is 10.6. The Bertz CT molecular complexity index is 652. The Hall–Kier alpha value is -2.35. The Morgan fingerprint density at radius 2 is 2.00 bits per heavy atom. The van der Waals surface area contributed by atoms with Crippen LogP contribution in [-0.2, 0) is 0 Å². The van der Waals surface area contributed by atoms with Gasteiger partial charge in [0.1, 0.15) is 5.01 Å². The van der Waals surface area contributed by atoms with Gasteiger partial charge in [0.15, 0.2) is 5.78 Å². The number of hydrogen-bond donors (Lipinski definition) is 1. The van der Waals surface area contributed by atoms with Crippen LogP contribution in [0.1, 0.15) is 35.1 Å². The summed E-state index contributed by atoms with van der Waals surface area (Å²) in [7, 11) is 0. The third-order valence-corrected chi connectivity index (χ3v) is 3.92. The summed E-state index contributed by atoms with van der Waals surface area (Å²) in [5.41, 5.74) is 0.381. The molecule has 110 valence electrons. The molecule has 1 aromatic heterocycles. The van der Waals surface area contributed by atoms with Crippen LogP contribution in [0.3, 0.4) is 0 Å². The topological polar surface area (TPSA) is 98.0 Å². The number of non-ortho nitro benzene ring substituents is 1. The lowest BCUT2D eigenvalue weighted by Gasteiger charge is -2.01. The molecule has 0 aliphatic heterocycles. The number of carbonyl (C=O) groups is 1. The Morgan fingerprint density at radius 3 is 2.52 bits per heavy atom. The molecule has 0 bridgehead atoms. The van der Waals surface area contributed by atoms with Crippen LogP contribution in [0.4, 0.5) is 10.8 Å². The second-order valence-electron chi connectivity index (χ2n) is 4.68. The molecule has 1 aromatic carbocycles. The smallest absolute Gasteiger partial charge is 0.269 e. The number of aromatic nitrogens is 2. The molecule has 0 unspecified atom stereocenters. The summed E-state index contributed by atoms with van der Waals surface area (Å²) in [5.74, 6) is 0.134. The number of ketones is 1. The number of hydrogen-bond acceptors (Lipinski definition) is 7. The molecular weight excluding hydrogens is 292 g/mol. The minimum absolute atomic E-state index is 0.0368. The van der Waals surface area contributed by atoms with Crippen LogP contribution in [-0.4, -0.2) is 27.4 Å². The highest BCUT2D eigenvalue weighted by atomic mass is 32.1. The van der Waals surface area contributed by atoms with E-state index in [4.69, 9.17) is 0 Å². The lowest BCUT2D eigenvalue weighted by molar-refractivity contribution is -0.384. The van der Waals surface area contributed by atoms with Gasteiger partial charge < -0.3 is 5.32 Å². The molecule has 0 atom stereocenters. The summed E-state index contributed by atoms with van der Waals surface area (Å²) >= 11 is 1.41. The second kappa shape index (κ2) is 6.40. The fourth-order valence-corrected chi connectivity index (χ4v) is 2.31. The number of nitro benzene ring substituents is 1. The molecule has 2 rings (SSSR count). The van der Waals surface area contributed by atoms with E-state index in [0.717, 1.165) is 5.01 Å². The van der Waals surface area contributed by atoms with Crippen molar-refractivity contribution in [1.82, 2.24) is 10.2 Å². The number of rotatable bonds is 6. The highest BCUT2D eigenvalue weighted by Gasteiger charge is 2.11. The minimum Gasteiger partial charge on any atom is -0.353 e. The Labute approximate surface area is 125 Å². The third kappa shape index (κ3) is 3.82. The van der Waals surface area contributed by atoms with Gasteiger partial charge in [-0.05, 0) is 12.1 Å². The van der Waals surface area contributed by atoms with E-state index < -0.39 is 4.92 Å². The van der Waals surface area contributed by atoms with Gasteiger partial charge in [-0.3, -0.25) is 14.9 Å². The van der Waals surface area contributed by atoms with E-state index in [1.165, 1.54) is 35.6 Å². The van der Waals surface area contributed by atoms with Gasteiger partial charge in [-0.2, -0.15) is 0 Å². The van der Waals surface area contributed by atoms with Crippen LogP contribution in [0.2, 0.25) is 0 Å². The molecule has 0 radical (unpaired) electrons. The Balaban J connectivity index is 1.96. The van der Waals surface area contributed by atoms with Gasteiger partial charge >= 0.3 is 0 Å². The molecule has 1 N–H and O–H groups in total. The zero-order chi connectivity index (χ0) is 15.4.